The van der Waals surface area contributed by atoms with Crippen LogP contribution in [-0.2, 0) is 0 Å². The summed E-state index contributed by atoms with van der Waals surface area (Å²) in [5.41, 5.74) is 11.0. The molecule has 0 saturated carbocycles. The predicted octanol–water partition coefficient (Wildman–Crippen LogP) is -1.75. The standard InChI is InChI=1S/C8H15N5O2/c1-11-3-5(14)6(15)4-2-12-7(9)8(10)13-4/h2,5-6,11,14-15H,3H2,1H3,(H2,9,12)(H2,10,13). The monoisotopic (exact) mass is 213 g/mol. The highest BCUT2D eigenvalue weighted by Crippen LogP contribution is 2.16. The lowest BCUT2D eigenvalue weighted by Crippen LogP contribution is -2.30. The van der Waals surface area contributed by atoms with E-state index in [1.54, 1.807) is 7.05 Å². The Morgan fingerprint density at radius 1 is 1.40 bits per heavy atom. The molecule has 7 N–H and O–H groups in total. The lowest BCUT2D eigenvalue weighted by Gasteiger charge is -2.16. The van der Waals surface area contributed by atoms with E-state index in [0.717, 1.165) is 0 Å². The Morgan fingerprint density at radius 3 is 2.60 bits per heavy atom. The van der Waals surface area contributed by atoms with Crippen molar-refractivity contribution in [3.8, 4) is 0 Å². The highest BCUT2D eigenvalue weighted by atomic mass is 16.3. The van der Waals surface area contributed by atoms with Gasteiger partial charge in [0.1, 0.15) is 6.10 Å². The summed E-state index contributed by atoms with van der Waals surface area (Å²) in [5, 5.41) is 21.9. The van der Waals surface area contributed by atoms with Gasteiger partial charge in [-0.1, -0.05) is 0 Å². The molecule has 84 valence electrons. The molecule has 1 aromatic rings. The third kappa shape index (κ3) is 2.75. The molecule has 0 amide bonds. The Labute approximate surface area is 87.1 Å². The summed E-state index contributed by atoms with van der Waals surface area (Å²) in [6.07, 6.45) is -0.810. The number of nitrogen functional groups attached to an aromatic ring is 2. The smallest absolute Gasteiger partial charge is 0.166 e. The van der Waals surface area contributed by atoms with E-state index in [1.165, 1.54) is 6.20 Å². The minimum atomic E-state index is -1.13. The summed E-state index contributed by atoms with van der Waals surface area (Å²) >= 11 is 0. The number of nitrogens with two attached hydrogens (primary N) is 2. The Morgan fingerprint density at radius 2 is 2.07 bits per heavy atom. The summed E-state index contributed by atoms with van der Waals surface area (Å²) in [4.78, 5) is 7.57. The van der Waals surface area contributed by atoms with Crippen LogP contribution in [0.5, 0.6) is 0 Å². The van der Waals surface area contributed by atoms with Crippen molar-refractivity contribution in [2.75, 3.05) is 25.1 Å². The average Bonchev–Trinajstić information content (AvgIpc) is 2.21. The number of likely N-dealkylation sites (N-methyl/N-ethyl adjacent to an activating group) is 1. The first-order valence-electron chi connectivity index (χ1n) is 4.45. The van der Waals surface area contributed by atoms with Gasteiger partial charge in [-0.25, -0.2) is 9.97 Å². The van der Waals surface area contributed by atoms with Crippen molar-refractivity contribution in [1.29, 1.82) is 0 Å². The summed E-state index contributed by atoms with van der Waals surface area (Å²) in [6, 6.07) is 0. The molecule has 0 aliphatic rings. The zero-order chi connectivity index (χ0) is 11.4. The minimum Gasteiger partial charge on any atom is -0.389 e. The third-order valence-corrected chi connectivity index (χ3v) is 1.93. The normalized spacial score (nSPS) is 14.9. The van der Waals surface area contributed by atoms with Gasteiger partial charge in [-0.15, -0.1) is 0 Å². The van der Waals surface area contributed by atoms with Crippen molar-refractivity contribution >= 4 is 11.6 Å². The van der Waals surface area contributed by atoms with Crippen molar-refractivity contribution in [2.45, 2.75) is 12.2 Å². The fourth-order valence-corrected chi connectivity index (χ4v) is 1.09. The van der Waals surface area contributed by atoms with Gasteiger partial charge in [-0.05, 0) is 7.05 Å². The molecule has 1 aromatic heterocycles. The Kier molecular flexibility index (Phi) is 3.78. The molecule has 0 radical (unpaired) electrons. The number of nitrogens with zero attached hydrogens (tertiary/aromatic N) is 2. The van der Waals surface area contributed by atoms with Gasteiger partial charge in [0.2, 0.25) is 0 Å². The molecule has 15 heavy (non-hydrogen) atoms. The largest absolute Gasteiger partial charge is 0.389 e. The van der Waals surface area contributed by atoms with Crippen LogP contribution in [0.3, 0.4) is 0 Å². The molecular weight excluding hydrogens is 198 g/mol. The van der Waals surface area contributed by atoms with Crippen LogP contribution >= 0.6 is 0 Å². The summed E-state index contributed by atoms with van der Waals surface area (Å²) in [5.74, 6) is 0.150. The first-order chi connectivity index (χ1) is 7.06. The van der Waals surface area contributed by atoms with Crippen molar-refractivity contribution in [1.82, 2.24) is 15.3 Å². The minimum absolute atomic E-state index is 0.0446. The number of nitrogens with one attached hydrogen (secondary N) is 1. The lowest BCUT2D eigenvalue weighted by atomic mass is 10.1. The van der Waals surface area contributed by atoms with E-state index in [2.05, 4.69) is 15.3 Å². The SMILES string of the molecule is CNCC(O)C(O)c1cnc(N)c(N)n1. The lowest BCUT2D eigenvalue weighted by molar-refractivity contribution is 0.0175. The summed E-state index contributed by atoms with van der Waals surface area (Å²) in [7, 11) is 1.67. The average molecular weight is 213 g/mol. The molecule has 0 saturated heterocycles. The molecule has 1 heterocycles. The third-order valence-electron chi connectivity index (χ3n) is 1.93. The van der Waals surface area contributed by atoms with Crippen LogP contribution in [0.25, 0.3) is 0 Å². The van der Waals surface area contributed by atoms with E-state index in [-0.39, 0.29) is 23.9 Å². The van der Waals surface area contributed by atoms with E-state index in [0.29, 0.717) is 0 Å². The van der Waals surface area contributed by atoms with Gasteiger partial charge in [0.05, 0.1) is 18.0 Å². The molecule has 1 rings (SSSR count). The Bertz CT molecular complexity index is 333. The topological polar surface area (TPSA) is 130 Å². The number of hydrogen-bond donors (Lipinski definition) is 5. The molecule has 0 spiro atoms. The number of anilines is 2. The predicted molar refractivity (Wildman–Crippen MR) is 55.8 cm³/mol. The van der Waals surface area contributed by atoms with E-state index < -0.39 is 12.2 Å². The molecule has 2 unspecified atom stereocenters. The maximum Gasteiger partial charge on any atom is 0.166 e. The zero-order valence-electron chi connectivity index (χ0n) is 8.38. The number of aliphatic hydroxyl groups excluding tert-OH is 2. The van der Waals surface area contributed by atoms with Gasteiger partial charge < -0.3 is 27.0 Å². The van der Waals surface area contributed by atoms with Crippen LogP contribution < -0.4 is 16.8 Å². The van der Waals surface area contributed by atoms with Crippen LogP contribution in [0.2, 0.25) is 0 Å². The van der Waals surface area contributed by atoms with Crippen molar-refractivity contribution in [3.63, 3.8) is 0 Å². The van der Waals surface area contributed by atoms with Crippen LogP contribution in [0.15, 0.2) is 6.20 Å². The Balaban J connectivity index is 2.81. The first kappa shape index (κ1) is 11.6. The molecule has 2 atom stereocenters. The highest BCUT2D eigenvalue weighted by molar-refractivity contribution is 5.51. The second kappa shape index (κ2) is 4.87. The maximum atomic E-state index is 9.65. The highest BCUT2D eigenvalue weighted by Gasteiger charge is 2.19. The van der Waals surface area contributed by atoms with Gasteiger partial charge in [-0.3, -0.25) is 0 Å². The molecule has 0 fully saturated rings. The molecule has 7 nitrogen and oxygen atoms in total. The first-order valence-corrected chi connectivity index (χ1v) is 4.45. The quantitative estimate of drug-likeness (QED) is 0.401. The number of aromatic nitrogens is 2. The molecule has 0 bridgehead atoms. The molecule has 0 aliphatic heterocycles. The Hall–Kier alpha value is -1.44. The van der Waals surface area contributed by atoms with Crippen molar-refractivity contribution < 1.29 is 10.2 Å². The van der Waals surface area contributed by atoms with Gasteiger partial charge in [-0.2, -0.15) is 0 Å². The van der Waals surface area contributed by atoms with Crippen LogP contribution in [-0.4, -0.2) is 39.9 Å². The molecular formula is C8H15N5O2. The summed E-state index contributed by atoms with van der Waals surface area (Å²) in [6.45, 7) is 0.243. The maximum absolute atomic E-state index is 9.65. The number of rotatable bonds is 4. The zero-order valence-corrected chi connectivity index (χ0v) is 8.38. The van der Waals surface area contributed by atoms with E-state index >= 15 is 0 Å². The van der Waals surface area contributed by atoms with Crippen LogP contribution in [0.4, 0.5) is 11.6 Å². The fraction of sp³-hybridized carbons (Fsp3) is 0.500. The molecule has 0 aliphatic carbocycles. The van der Waals surface area contributed by atoms with E-state index in [9.17, 15) is 10.2 Å². The second-order valence-electron chi connectivity index (χ2n) is 3.14. The number of hydrogen-bond acceptors (Lipinski definition) is 7. The second-order valence-corrected chi connectivity index (χ2v) is 3.14. The number of aliphatic hydroxyl groups is 2. The van der Waals surface area contributed by atoms with E-state index in [4.69, 9.17) is 11.5 Å². The molecule has 0 aromatic carbocycles. The summed E-state index contributed by atoms with van der Waals surface area (Å²) < 4.78 is 0. The van der Waals surface area contributed by atoms with Gasteiger partial charge in [0, 0.05) is 6.54 Å². The van der Waals surface area contributed by atoms with Gasteiger partial charge in [0.15, 0.2) is 11.6 Å². The van der Waals surface area contributed by atoms with Gasteiger partial charge in [0.25, 0.3) is 0 Å². The van der Waals surface area contributed by atoms with E-state index in [1.807, 2.05) is 0 Å². The van der Waals surface area contributed by atoms with Crippen LogP contribution in [0, 0.1) is 0 Å². The van der Waals surface area contributed by atoms with Crippen molar-refractivity contribution in [2.24, 2.45) is 0 Å². The fourth-order valence-electron chi connectivity index (χ4n) is 1.09. The van der Waals surface area contributed by atoms with Gasteiger partial charge >= 0.3 is 0 Å². The van der Waals surface area contributed by atoms with Crippen molar-refractivity contribution in [3.05, 3.63) is 11.9 Å². The van der Waals surface area contributed by atoms with Crippen LogP contribution in [0.1, 0.15) is 11.8 Å². The molecule has 7 heteroatoms.